The Bertz CT molecular complexity index is 488. The summed E-state index contributed by atoms with van der Waals surface area (Å²) < 4.78 is 15.7. The normalized spacial score (nSPS) is 12.0. The van der Waals surface area contributed by atoms with Crippen LogP contribution in [0.1, 0.15) is 12.5 Å². The number of nitrogens with one attached hydrogen (secondary N) is 1. The molecule has 21 heavy (non-hydrogen) atoms. The third kappa shape index (κ3) is 4.68. The van der Waals surface area contributed by atoms with E-state index < -0.39 is 0 Å². The standard InChI is InChI=1S/C15H21NO5/c1-10(9-17)16-14(18)6-5-11-7-12(19-2)15(21-4)13(8-11)20-3/h5-8,10,17H,9H2,1-4H3,(H,16,18)/b6-5-/t10-/m1/s1. The molecule has 0 heterocycles. The fraction of sp³-hybridized carbons (Fsp3) is 0.400. The molecule has 0 saturated heterocycles. The Labute approximate surface area is 124 Å². The van der Waals surface area contributed by atoms with Crippen LogP contribution in [0.3, 0.4) is 0 Å². The molecule has 6 nitrogen and oxygen atoms in total. The molecular weight excluding hydrogens is 274 g/mol. The van der Waals surface area contributed by atoms with Gasteiger partial charge in [-0.25, -0.2) is 0 Å². The average Bonchev–Trinajstić information content (AvgIpc) is 2.51. The van der Waals surface area contributed by atoms with E-state index in [1.165, 1.54) is 27.4 Å². The maximum atomic E-state index is 11.6. The van der Waals surface area contributed by atoms with Crippen LogP contribution in [0.4, 0.5) is 0 Å². The summed E-state index contributed by atoms with van der Waals surface area (Å²) in [6.07, 6.45) is 3.01. The highest BCUT2D eigenvalue weighted by atomic mass is 16.5. The second kappa shape index (κ2) is 8.16. The first-order chi connectivity index (χ1) is 10.0. The van der Waals surface area contributed by atoms with Crippen LogP contribution < -0.4 is 19.5 Å². The van der Waals surface area contributed by atoms with Gasteiger partial charge in [0.2, 0.25) is 11.7 Å². The Morgan fingerprint density at radius 3 is 2.24 bits per heavy atom. The van der Waals surface area contributed by atoms with Crippen molar-refractivity contribution in [2.45, 2.75) is 13.0 Å². The molecule has 0 aliphatic carbocycles. The first-order valence-corrected chi connectivity index (χ1v) is 6.45. The van der Waals surface area contributed by atoms with Crippen LogP contribution >= 0.6 is 0 Å². The summed E-state index contributed by atoms with van der Waals surface area (Å²) in [4.78, 5) is 11.6. The zero-order chi connectivity index (χ0) is 15.8. The summed E-state index contributed by atoms with van der Waals surface area (Å²) in [6.45, 7) is 1.61. The van der Waals surface area contributed by atoms with Crippen LogP contribution in [0, 0.1) is 0 Å². The van der Waals surface area contributed by atoms with Crippen LogP contribution in [-0.2, 0) is 4.79 Å². The van der Waals surface area contributed by atoms with Crippen molar-refractivity contribution in [1.29, 1.82) is 0 Å². The number of amides is 1. The third-order valence-electron chi connectivity index (χ3n) is 2.78. The molecule has 1 aromatic carbocycles. The van der Waals surface area contributed by atoms with Gasteiger partial charge in [0.1, 0.15) is 0 Å². The van der Waals surface area contributed by atoms with E-state index in [4.69, 9.17) is 19.3 Å². The van der Waals surface area contributed by atoms with E-state index in [-0.39, 0.29) is 18.6 Å². The predicted molar refractivity (Wildman–Crippen MR) is 79.8 cm³/mol. The number of hydrogen-bond acceptors (Lipinski definition) is 5. The zero-order valence-corrected chi connectivity index (χ0v) is 12.7. The monoisotopic (exact) mass is 295 g/mol. The highest BCUT2D eigenvalue weighted by molar-refractivity contribution is 5.92. The van der Waals surface area contributed by atoms with Crippen LogP contribution in [-0.4, -0.2) is 45.0 Å². The molecule has 0 bridgehead atoms. The molecule has 1 rings (SSSR count). The number of ether oxygens (including phenoxy) is 3. The van der Waals surface area contributed by atoms with E-state index in [0.29, 0.717) is 17.2 Å². The lowest BCUT2D eigenvalue weighted by molar-refractivity contribution is -0.117. The van der Waals surface area contributed by atoms with Gasteiger partial charge in [0.05, 0.1) is 27.9 Å². The molecule has 0 fully saturated rings. The van der Waals surface area contributed by atoms with Crippen molar-refractivity contribution in [2.75, 3.05) is 27.9 Å². The Morgan fingerprint density at radius 2 is 1.81 bits per heavy atom. The largest absolute Gasteiger partial charge is 0.493 e. The van der Waals surface area contributed by atoms with Crippen molar-refractivity contribution >= 4 is 12.0 Å². The van der Waals surface area contributed by atoms with Gasteiger partial charge in [-0.2, -0.15) is 0 Å². The van der Waals surface area contributed by atoms with Gasteiger partial charge in [-0.15, -0.1) is 0 Å². The summed E-state index contributed by atoms with van der Waals surface area (Å²) >= 11 is 0. The van der Waals surface area contributed by atoms with Crippen LogP contribution in [0.5, 0.6) is 17.2 Å². The fourth-order valence-corrected chi connectivity index (χ4v) is 1.71. The summed E-state index contributed by atoms with van der Waals surface area (Å²) in [7, 11) is 4.58. The van der Waals surface area contributed by atoms with Gasteiger partial charge in [0, 0.05) is 12.1 Å². The van der Waals surface area contributed by atoms with Gasteiger partial charge in [0.25, 0.3) is 0 Å². The molecule has 6 heteroatoms. The van der Waals surface area contributed by atoms with E-state index in [2.05, 4.69) is 5.32 Å². The van der Waals surface area contributed by atoms with Gasteiger partial charge < -0.3 is 24.6 Å². The number of rotatable bonds is 7. The number of methoxy groups -OCH3 is 3. The van der Waals surface area contributed by atoms with Crippen molar-refractivity contribution in [2.24, 2.45) is 0 Å². The van der Waals surface area contributed by atoms with E-state index in [9.17, 15) is 4.79 Å². The van der Waals surface area contributed by atoms with Crippen molar-refractivity contribution < 1.29 is 24.1 Å². The third-order valence-corrected chi connectivity index (χ3v) is 2.78. The molecule has 116 valence electrons. The highest BCUT2D eigenvalue weighted by Gasteiger charge is 2.12. The van der Waals surface area contributed by atoms with Gasteiger partial charge in [-0.05, 0) is 30.7 Å². The number of carbonyl (C=O) groups is 1. The molecule has 0 aromatic heterocycles. The maximum absolute atomic E-state index is 11.6. The number of aliphatic hydroxyl groups is 1. The van der Waals surface area contributed by atoms with E-state index >= 15 is 0 Å². The van der Waals surface area contributed by atoms with Crippen molar-refractivity contribution in [3.63, 3.8) is 0 Å². The van der Waals surface area contributed by atoms with Crippen LogP contribution in [0.25, 0.3) is 6.08 Å². The SMILES string of the molecule is COc1cc(/C=C\C(=O)N[C@H](C)CO)cc(OC)c1OC. The lowest BCUT2D eigenvalue weighted by Crippen LogP contribution is -2.33. The van der Waals surface area contributed by atoms with Crippen molar-refractivity contribution in [3.8, 4) is 17.2 Å². The number of benzene rings is 1. The first kappa shape index (κ1) is 16.8. The summed E-state index contributed by atoms with van der Waals surface area (Å²) in [6, 6.07) is 3.18. The quantitative estimate of drug-likeness (QED) is 0.740. The first-order valence-electron chi connectivity index (χ1n) is 6.45. The Balaban J connectivity index is 2.96. The number of carbonyl (C=O) groups excluding carboxylic acids is 1. The molecule has 0 aliphatic rings. The Kier molecular flexibility index (Phi) is 6.55. The van der Waals surface area contributed by atoms with E-state index in [1.54, 1.807) is 25.1 Å². The smallest absolute Gasteiger partial charge is 0.244 e. The number of hydrogen-bond donors (Lipinski definition) is 2. The molecule has 1 aromatic rings. The summed E-state index contributed by atoms with van der Waals surface area (Å²) in [5, 5.41) is 11.5. The average molecular weight is 295 g/mol. The van der Waals surface area contributed by atoms with Gasteiger partial charge in [-0.1, -0.05) is 0 Å². The topological polar surface area (TPSA) is 77.0 Å². The van der Waals surface area contributed by atoms with Gasteiger partial charge in [0.15, 0.2) is 11.5 Å². The minimum absolute atomic E-state index is 0.107. The molecule has 1 atom stereocenters. The van der Waals surface area contributed by atoms with E-state index in [0.717, 1.165) is 5.56 Å². The fourth-order valence-electron chi connectivity index (χ4n) is 1.71. The van der Waals surface area contributed by atoms with Crippen LogP contribution in [0.15, 0.2) is 18.2 Å². The molecule has 2 N–H and O–H groups in total. The lowest BCUT2D eigenvalue weighted by atomic mass is 10.1. The second-order valence-corrected chi connectivity index (χ2v) is 4.38. The lowest BCUT2D eigenvalue weighted by Gasteiger charge is -2.13. The van der Waals surface area contributed by atoms with Gasteiger partial charge in [-0.3, -0.25) is 4.79 Å². The van der Waals surface area contributed by atoms with Crippen LogP contribution in [0.2, 0.25) is 0 Å². The molecular formula is C15H21NO5. The Morgan fingerprint density at radius 1 is 1.24 bits per heavy atom. The molecule has 0 unspecified atom stereocenters. The highest BCUT2D eigenvalue weighted by Crippen LogP contribution is 2.38. The minimum atomic E-state index is -0.290. The molecule has 0 aliphatic heterocycles. The zero-order valence-electron chi connectivity index (χ0n) is 12.7. The molecule has 0 spiro atoms. The molecule has 1 amide bonds. The summed E-state index contributed by atoms with van der Waals surface area (Å²) in [5.41, 5.74) is 0.733. The van der Waals surface area contributed by atoms with Crippen molar-refractivity contribution in [1.82, 2.24) is 5.32 Å². The van der Waals surface area contributed by atoms with Gasteiger partial charge >= 0.3 is 0 Å². The summed E-state index contributed by atoms with van der Waals surface area (Å²) in [5.74, 6) is 1.24. The Hall–Kier alpha value is -2.21. The molecule has 0 radical (unpaired) electrons. The predicted octanol–water partition coefficient (Wildman–Crippen LogP) is 1.22. The van der Waals surface area contributed by atoms with E-state index in [1.807, 2.05) is 0 Å². The maximum Gasteiger partial charge on any atom is 0.244 e. The van der Waals surface area contributed by atoms with Crippen molar-refractivity contribution in [3.05, 3.63) is 23.8 Å². The minimum Gasteiger partial charge on any atom is -0.493 e. The molecule has 0 saturated carbocycles. The number of aliphatic hydroxyl groups excluding tert-OH is 1. The second-order valence-electron chi connectivity index (χ2n) is 4.38.